The molecule has 3 aromatic carbocycles. The van der Waals surface area contributed by atoms with Gasteiger partial charge in [-0.05, 0) is 59.5 Å². The standard InChI is InChI=1S/C29H28FN3O3S/c30-22-7-10-24-25(17-22)32-29(36)27(24)28(21-3-1-2-19(16-21)6-11-26(34)35)31-23-8-4-20(5-9-23)18-33-12-14-37-15-13-33/h1-5,7-10,16-17,31H,6,11-15,18H2,(H,32,36)(H,34,35). The largest absolute Gasteiger partial charge is 0.481 e. The van der Waals surface area contributed by atoms with Crippen molar-refractivity contribution in [3.63, 3.8) is 0 Å². The van der Waals surface area contributed by atoms with E-state index in [-0.39, 0.29) is 12.3 Å². The molecule has 6 nitrogen and oxygen atoms in total. The number of aliphatic carboxylic acids is 1. The first-order valence-electron chi connectivity index (χ1n) is 12.3. The van der Waals surface area contributed by atoms with E-state index in [2.05, 4.69) is 27.7 Å². The molecular weight excluding hydrogens is 489 g/mol. The summed E-state index contributed by atoms with van der Waals surface area (Å²) in [6, 6.07) is 20.0. The summed E-state index contributed by atoms with van der Waals surface area (Å²) in [4.78, 5) is 26.7. The highest BCUT2D eigenvalue weighted by atomic mass is 32.2. The lowest BCUT2D eigenvalue weighted by Crippen LogP contribution is -2.31. The highest BCUT2D eigenvalue weighted by Crippen LogP contribution is 2.38. The quantitative estimate of drug-likeness (QED) is 0.351. The van der Waals surface area contributed by atoms with Crippen molar-refractivity contribution < 1.29 is 19.1 Å². The molecule has 3 N–H and O–H groups in total. The van der Waals surface area contributed by atoms with Crippen LogP contribution < -0.4 is 10.6 Å². The Morgan fingerprint density at radius 2 is 1.81 bits per heavy atom. The van der Waals surface area contributed by atoms with Crippen LogP contribution in [0.5, 0.6) is 0 Å². The molecule has 0 bridgehead atoms. The van der Waals surface area contributed by atoms with Crippen LogP contribution in [-0.4, -0.2) is 46.5 Å². The topological polar surface area (TPSA) is 81.7 Å². The van der Waals surface area contributed by atoms with E-state index in [4.69, 9.17) is 5.11 Å². The number of thioether (sulfide) groups is 1. The summed E-state index contributed by atoms with van der Waals surface area (Å²) in [5.41, 5.74) is 5.69. The molecule has 8 heteroatoms. The molecule has 0 saturated carbocycles. The summed E-state index contributed by atoms with van der Waals surface area (Å²) in [5, 5.41) is 15.3. The molecule has 0 radical (unpaired) electrons. The lowest BCUT2D eigenvalue weighted by molar-refractivity contribution is -0.137. The molecule has 1 saturated heterocycles. The predicted octanol–water partition coefficient (Wildman–Crippen LogP) is 5.32. The first-order valence-corrected chi connectivity index (χ1v) is 13.4. The van der Waals surface area contributed by atoms with E-state index in [1.807, 2.05) is 48.2 Å². The molecule has 0 atom stereocenters. The van der Waals surface area contributed by atoms with Gasteiger partial charge in [0, 0.05) is 48.8 Å². The van der Waals surface area contributed by atoms with Crippen LogP contribution in [0.2, 0.25) is 0 Å². The molecule has 0 aromatic heterocycles. The van der Waals surface area contributed by atoms with E-state index in [9.17, 15) is 14.0 Å². The smallest absolute Gasteiger partial charge is 0.303 e. The Morgan fingerprint density at radius 1 is 1.03 bits per heavy atom. The van der Waals surface area contributed by atoms with Gasteiger partial charge in [-0.25, -0.2) is 4.39 Å². The zero-order chi connectivity index (χ0) is 25.8. The SMILES string of the molecule is O=C(O)CCc1cccc(C(Nc2ccc(CN3CCSCC3)cc2)=C2C(=O)Nc3cc(F)ccc32)c1. The zero-order valence-electron chi connectivity index (χ0n) is 20.3. The molecule has 0 aliphatic carbocycles. The van der Waals surface area contributed by atoms with Crippen LogP contribution in [0.3, 0.4) is 0 Å². The first-order chi connectivity index (χ1) is 18.0. The fraction of sp³-hybridized carbons (Fsp3) is 0.241. The number of fused-ring (bicyclic) bond motifs is 1. The predicted molar refractivity (Wildman–Crippen MR) is 147 cm³/mol. The average Bonchev–Trinajstić information content (AvgIpc) is 3.22. The molecule has 190 valence electrons. The molecule has 2 aliphatic heterocycles. The Kier molecular flexibility index (Phi) is 7.58. The molecule has 1 amide bonds. The second-order valence-electron chi connectivity index (χ2n) is 9.20. The maximum absolute atomic E-state index is 13.9. The number of anilines is 2. The average molecular weight is 518 g/mol. The van der Waals surface area contributed by atoms with E-state index in [1.54, 1.807) is 6.07 Å². The summed E-state index contributed by atoms with van der Waals surface area (Å²) < 4.78 is 13.9. The fourth-order valence-electron chi connectivity index (χ4n) is 4.66. The van der Waals surface area contributed by atoms with Gasteiger partial charge in [0.25, 0.3) is 5.91 Å². The number of hydrogen-bond acceptors (Lipinski definition) is 5. The van der Waals surface area contributed by atoms with Crippen molar-refractivity contribution in [3.8, 4) is 0 Å². The molecular formula is C29H28FN3O3S. The van der Waals surface area contributed by atoms with E-state index < -0.39 is 11.8 Å². The maximum atomic E-state index is 13.9. The van der Waals surface area contributed by atoms with E-state index in [1.165, 1.54) is 17.7 Å². The molecule has 5 rings (SSSR count). The number of benzene rings is 3. The van der Waals surface area contributed by atoms with Gasteiger partial charge in [0.1, 0.15) is 5.82 Å². The third-order valence-electron chi connectivity index (χ3n) is 6.55. The number of amides is 1. The number of carbonyl (C=O) groups is 2. The zero-order valence-corrected chi connectivity index (χ0v) is 21.1. The van der Waals surface area contributed by atoms with Crippen molar-refractivity contribution in [2.24, 2.45) is 0 Å². The Hall–Kier alpha value is -3.62. The lowest BCUT2D eigenvalue weighted by Gasteiger charge is -2.26. The van der Waals surface area contributed by atoms with Crippen LogP contribution in [-0.2, 0) is 22.6 Å². The normalized spacial score (nSPS) is 16.7. The number of carboxylic acid groups (broad SMARTS) is 1. The Labute approximate surface area is 219 Å². The fourth-order valence-corrected chi connectivity index (χ4v) is 5.64. The van der Waals surface area contributed by atoms with Gasteiger partial charge in [0.2, 0.25) is 0 Å². The number of carbonyl (C=O) groups excluding carboxylic acids is 1. The van der Waals surface area contributed by atoms with Gasteiger partial charge in [-0.3, -0.25) is 14.5 Å². The van der Waals surface area contributed by atoms with Gasteiger partial charge < -0.3 is 15.7 Å². The molecule has 2 aliphatic rings. The number of rotatable bonds is 8. The summed E-state index contributed by atoms with van der Waals surface area (Å²) >= 11 is 1.99. The number of aryl methyl sites for hydroxylation is 1. The number of halogens is 1. The van der Waals surface area contributed by atoms with Crippen LogP contribution >= 0.6 is 11.8 Å². The van der Waals surface area contributed by atoms with Gasteiger partial charge in [-0.15, -0.1) is 0 Å². The third-order valence-corrected chi connectivity index (χ3v) is 7.50. The van der Waals surface area contributed by atoms with E-state index in [0.717, 1.165) is 48.0 Å². The van der Waals surface area contributed by atoms with Crippen LogP contribution in [0.15, 0.2) is 66.7 Å². The molecule has 1 fully saturated rings. The minimum atomic E-state index is -0.864. The number of nitrogens with zero attached hydrogens (tertiary/aromatic N) is 1. The Morgan fingerprint density at radius 3 is 2.57 bits per heavy atom. The van der Waals surface area contributed by atoms with Gasteiger partial charge >= 0.3 is 5.97 Å². The van der Waals surface area contributed by atoms with Gasteiger partial charge in [-0.1, -0.05) is 30.3 Å². The molecule has 2 heterocycles. The minimum absolute atomic E-state index is 0.0164. The Bertz CT molecular complexity index is 1350. The molecule has 0 unspecified atom stereocenters. The van der Waals surface area contributed by atoms with Gasteiger partial charge in [-0.2, -0.15) is 11.8 Å². The maximum Gasteiger partial charge on any atom is 0.303 e. The van der Waals surface area contributed by atoms with E-state index >= 15 is 0 Å². The summed E-state index contributed by atoms with van der Waals surface area (Å²) in [6.45, 7) is 3.09. The highest BCUT2D eigenvalue weighted by molar-refractivity contribution is 7.99. The summed E-state index contributed by atoms with van der Waals surface area (Å²) in [7, 11) is 0. The monoisotopic (exact) mass is 517 g/mol. The number of hydrogen-bond donors (Lipinski definition) is 3. The van der Waals surface area contributed by atoms with Crippen molar-refractivity contribution in [3.05, 3.63) is 94.8 Å². The first kappa shape index (κ1) is 25.0. The molecule has 0 spiro atoms. The van der Waals surface area contributed by atoms with Crippen LogP contribution in [0, 0.1) is 5.82 Å². The number of nitrogens with one attached hydrogen (secondary N) is 2. The van der Waals surface area contributed by atoms with Crippen molar-refractivity contribution >= 4 is 46.3 Å². The number of carboxylic acids is 1. The summed E-state index contributed by atoms with van der Waals surface area (Å²) in [6.07, 6.45) is 0.395. The third kappa shape index (κ3) is 6.03. The van der Waals surface area contributed by atoms with Crippen LogP contribution in [0.25, 0.3) is 11.3 Å². The molecule has 37 heavy (non-hydrogen) atoms. The van der Waals surface area contributed by atoms with Crippen LogP contribution in [0.1, 0.15) is 28.7 Å². The lowest BCUT2D eigenvalue weighted by atomic mass is 9.97. The summed E-state index contributed by atoms with van der Waals surface area (Å²) in [5.74, 6) is 0.717. The van der Waals surface area contributed by atoms with Crippen molar-refractivity contribution in [1.82, 2.24) is 4.90 Å². The van der Waals surface area contributed by atoms with E-state index in [0.29, 0.717) is 28.9 Å². The Balaban J connectivity index is 1.49. The van der Waals surface area contributed by atoms with Crippen molar-refractivity contribution in [2.75, 3.05) is 35.2 Å². The highest BCUT2D eigenvalue weighted by Gasteiger charge is 2.29. The minimum Gasteiger partial charge on any atom is -0.481 e. The van der Waals surface area contributed by atoms with Crippen LogP contribution in [0.4, 0.5) is 15.8 Å². The van der Waals surface area contributed by atoms with Gasteiger partial charge in [0.05, 0.1) is 17.0 Å². The van der Waals surface area contributed by atoms with Crippen molar-refractivity contribution in [1.29, 1.82) is 0 Å². The second-order valence-corrected chi connectivity index (χ2v) is 10.4. The second kappa shape index (κ2) is 11.2. The van der Waals surface area contributed by atoms with Crippen molar-refractivity contribution in [2.45, 2.75) is 19.4 Å². The molecule has 3 aromatic rings. The van der Waals surface area contributed by atoms with Gasteiger partial charge in [0.15, 0.2) is 0 Å².